The predicted octanol–water partition coefficient (Wildman–Crippen LogP) is 3.62. The summed E-state index contributed by atoms with van der Waals surface area (Å²) in [6.45, 7) is 3.10. The molecule has 3 N–H and O–H groups in total. The fourth-order valence-electron chi connectivity index (χ4n) is 5.38. The molecule has 1 saturated heterocycles. The van der Waals surface area contributed by atoms with Crippen LogP contribution in [0.5, 0.6) is 0 Å². The molecular weight excluding hydrogens is 296 g/mol. The number of nitrogens with two attached hydrogens (primary N) is 1. The molecule has 4 nitrogen and oxygen atoms in total. The predicted molar refractivity (Wildman–Crippen MR) is 98.5 cm³/mol. The summed E-state index contributed by atoms with van der Waals surface area (Å²) in [5.74, 6) is 1.39. The lowest BCUT2D eigenvalue weighted by Crippen LogP contribution is -2.31. The fraction of sp³-hybridized carbons (Fsp3) is 0.850. The maximum Gasteiger partial charge on any atom is 0.0693 e. The Morgan fingerprint density at radius 2 is 1.79 bits per heavy atom. The van der Waals surface area contributed by atoms with E-state index in [1.165, 1.54) is 69.9 Å². The lowest BCUT2D eigenvalue weighted by atomic mass is 9.78. The molecule has 0 bridgehead atoms. The summed E-state index contributed by atoms with van der Waals surface area (Å²) in [5, 5.41) is 8.83. The Kier molecular flexibility index (Phi) is 5.23. The molecule has 24 heavy (non-hydrogen) atoms. The maximum atomic E-state index is 5.96. The van der Waals surface area contributed by atoms with Crippen molar-refractivity contribution < 1.29 is 0 Å². The standard InChI is InChI=1S/C20H34N4/c21-12-9-15-7-4-8-18-19(15)20(16-5-2-1-3-6-16)23-24(18)17-10-13-22-14-11-17/h15-17,22H,1-14,21H2. The van der Waals surface area contributed by atoms with Crippen LogP contribution < -0.4 is 11.1 Å². The van der Waals surface area contributed by atoms with Gasteiger partial charge in [0.05, 0.1) is 11.7 Å². The summed E-state index contributed by atoms with van der Waals surface area (Å²) in [4.78, 5) is 0. The molecule has 0 aromatic carbocycles. The molecule has 1 unspecified atom stereocenters. The molecule has 134 valence electrons. The Labute approximate surface area is 146 Å². The second-order valence-electron chi connectivity index (χ2n) is 8.17. The minimum Gasteiger partial charge on any atom is -0.330 e. The smallest absolute Gasteiger partial charge is 0.0693 e. The number of aromatic nitrogens is 2. The molecule has 0 amide bonds. The second kappa shape index (κ2) is 7.57. The highest BCUT2D eigenvalue weighted by atomic mass is 15.3. The van der Waals surface area contributed by atoms with Crippen molar-refractivity contribution >= 4 is 0 Å². The Morgan fingerprint density at radius 1 is 1.00 bits per heavy atom. The van der Waals surface area contributed by atoms with Gasteiger partial charge in [-0.25, -0.2) is 0 Å². The third-order valence-corrected chi connectivity index (χ3v) is 6.61. The number of hydrogen-bond donors (Lipinski definition) is 2. The minimum atomic E-state index is 0.619. The van der Waals surface area contributed by atoms with E-state index in [0.717, 1.165) is 26.1 Å². The third-order valence-electron chi connectivity index (χ3n) is 6.61. The zero-order chi connectivity index (χ0) is 16.4. The van der Waals surface area contributed by atoms with Gasteiger partial charge in [0.15, 0.2) is 0 Å². The molecule has 4 rings (SSSR count). The van der Waals surface area contributed by atoms with Crippen molar-refractivity contribution in [1.29, 1.82) is 0 Å². The number of piperidine rings is 1. The van der Waals surface area contributed by atoms with E-state index < -0.39 is 0 Å². The second-order valence-corrected chi connectivity index (χ2v) is 8.17. The summed E-state index contributed by atoms with van der Waals surface area (Å²) in [6.07, 6.45) is 14.4. The lowest BCUT2D eigenvalue weighted by molar-refractivity contribution is 0.328. The van der Waals surface area contributed by atoms with Gasteiger partial charge in [-0.2, -0.15) is 5.10 Å². The summed E-state index contributed by atoms with van der Waals surface area (Å²) >= 11 is 0. The normalized spacial score (nSPS) is 26.5. The van der Waals surface area contributed by atoms with Crippen molar-refractivity contribution in [2.75, 3.05) is 19.6 Å². The number of nitrogens with one attached hydrogen (secondary N) is 1. The summed E-state index contributed by atoms with van der Waals surface area (Å²) in [6, 6.07) is 0.619. The molecule has 1 aromatic heterocycles. The lowest BCUT2D eigenvalue weighted by Gasteiger charge is -2.28. The van der Waals surface area contributed by atoms with Crippen LogP contribution in [0.15, 0.2) is 0 Å². The van der Waals surface area contributed by atoms with Crippen molar-refractivity contribution in [3.05, 3.63) is 17.0 Å². The van der Waals surface area contributed by atoms with Crippen LogP contribution in [0, 0.1) is 0 Å². The number of nitrogens with zero attached hydrogens (tertiary/aromatic N) is 2. The van der Waals surface area contributed by atoms with Gasteiger partial charge in [0.25, 0.3) is 0 Å². The zero-order valence-corrected chi connectivity index (χ0v) is 15.1. The van der Waals surface area contributed by atoms with Crippen molar-refractivity contribution in [3.8, 4) is 0 Å². The minimum absolute atomic E-state index is 0.619. The van der Waals surface area contributed by atoms with Crippen LogP contribution in [0.25, 0.3) is 0 Å². The third kappa shape index (κ3) is 3.15. The van der Waals surface area contributed by atoms with Gasteiger partial charge in [0.1, 0.15) is 0 Å². The highest BCUT2D eigenvalue weighted by molar-refractivity contribution is 5.35. The average molecular weight is 331 g/mol. The van der Waals surface area contributed by atoms with Gasteiger partial charge < -0.3 is 11.1 Å². The topological polar surface area (TPSA) is 55.9 Å². The van der Waals surface area contributed by atoms with Crippen LogP contribution >= 0.6 is 0 Å². The van der Waals surface area contributed by atoms with E-state index in [9.17, 15) is 0 Å². The van der Waals surface area contributed by atoms with Crippen LogP contribution in [0.3, 0.4) is 0 Å². The Bertz CT molecular complexity index is 538. The first-order valence-electron chi connectivity index (χ1n) is 10.4. The van der Waals surface area contributed by atoms with Crippen LogP contribution in [0.1, 0.15) is 99.0 Å². The van der Waals surface area contributed by atoms with Gasteiger partial charge in [0, 0.05) is 11.6 Å². The van der Waals surface area contributed by atoms with Crippen LogP contribution in [0.4, 0.5) is 0 Å². The Morgan fingerprint density at radius 3 is 2.54 bits per heavy atom. The maximum absolute atomic E-state index is 5.96. The van der Waals surface area contributed by atoms with E-state index in [0.29, 0.717) is 17.9 Å². The SMILES string of the molecule is NCCC1CCCc2c1c(C1CCCCC1)nn2C1CCNCC1. The molecule has 1 saturated carbocycles. The first-order chi connectivity index (χ1) is 11.9. The molecule has 1 atom stereocenters. The fourth-order valence-corrected chi connectivity index (χ4v) is 5.38. The monoisotopic (exact) mass is 330 g/mol. The van der Waals surface area contributed by atoms with Gasteiger partial charge >= 0.3 is 0 Å². The van der Waals surface area contributed by atoms with Crippen molar-refractivity contribution in [2.45, 2.75) is 88.5 Å². The van der Waals surface area contributed by atoms with E-state index in [4.69, 9.17) is 10.8 Å². The largest absolute Gasteiger partial charge is 0.330 e. The van der Waals surface area contributed by atoms with Gasteiger partial charge in [-0.15, -0.1) is 0 Å². The molecule has 1 aromatic rings. The molecule has 2 heterocycles. The molecule has 2 fully saturated rings. The molecule has 2 aliphatic carbocycles. The van der Waals surface area contributed by atoms with Gasteiger partial charge in [-0.1, -0.05) is 19.3 Å². The summed E-state index contributed by atoms with van der Waals surface area (Å²) < 4.78 is 2.49. The Hall–Kier alpha value is -0.870. The van der Waals surface area contributed by atoms with Gasteiger partial charge in [0.2, 0.25) is 0 Å². The number of hydrogen-bond acceptors (Lipinski definition) is 3. The van der Waals surface area contributed by atoms with Crippen LogP contribution in [0.2, 0.25) is 0 Å². The van der Waals surface area contributed by atoms with E-state index in [-0.39, 0.29) is 0 Å². The van der Waals surface area contributed by atoms with Crippen molar-refractivity contribution in [3.63, 3.8) is 0 Å². The van der Waals surface area contributed by atoms with E-state index in [2.05, 4.69) is 10.00 Å². The van der Waals surface area contributed by atoms with Crippen LogP contribution in [-0.2, 0) is 6.42 Å². The highest BCUT2D eigenvalue weighted by Crippen LogP contribution is 2.43. The van der Waals surface area contributed by atoms with Crippen molar-refractivity contribution in [1.82, 2.24) is 15.1 Å². The molecule has 3 aliphatic rings. The molecule has 4 heteroatoms. The van der Waals surface area contributed by atoms with E-state index in [1.54, 1.807) is 11.3 Å². The first kappa shape index (κ1) is 16.6. The number of rotatable bonds is 4. The van der Waals surface area contributed by atoms with Gasteiger partial charge in [-0.05, 0) is 82.5 Å². The molecule has 1 aliphatic heterocycles. The highest BCUT2D eigenvalue weighted by Gasteiger charge is 2.33. The van der Waals surface area contributed by atoms with Gasteiger partial charge in [-0.3, -0.25) is 4.68 Å². The van der Waals surface area contributed by atoms with Crippen LogP contribution in [-0.4, -0.2) is 29.4 Å². The first-order valence-corrected chi connectivity index (χ1v) is 10.4. The number of fused-ring (bicyclic) bond motifs is 1. The molecule has 0 spiro atoms. The summed E-state index contributed by atoms with van der Waals surface area (Å²) in [7, 11) is 0. The average Bonchev–Trinajstić information content (AvgIpc) is 3.04. The molecule has 0 radical (unpaired) electrons. The quantitative estimate of drug-likeness (QED) is 0.886. The van der Waals surface area contributed by atoms with E-state index >= 15 is 0 Å². The van der Waals surface area contributed by atoms with Crippen molar-refractivity contribution in [2.24, 2.45) is 5.73 Å². The zero-order valence-electron chi connectivity index (χ0n) is 15.1. The Balaban J connectivity index is 1.72. The van der Waals surface area contributed by atoms with E-state index in [1.807, 2.05) is 0 Å². The molecular formula is C20H34N4. The summed E-state index contributed by atoms with van der Waals surface area (Å²) in [5.41, 5.74) is 10.7.